The van der Waals surface area contributed by atoms with Gasteiger partial charge in [0.1, 0.15) is 18.0 Å². The lowest BCUT2D eigenvalue weighted by molar-refractivity contribution is -0.116. The highest BCUT2D eigenvalue weighted by Gasteiger charge is 2.12. The summed E-state index contributed by atoms with van der Waals surface area (Å²) in [6.07, 6.45) is 1.96. The van der Waals surface area contributed by atoms with Crippen molar-refractivity contribution in [1.82, 2.24) is 4.57 Å². The third-order valence-electron chi connectivity index (χ3n) is 3.49. The van der Waals surface area contributed by atoms with Crippen molar-refractivity contribution >= 4 is 22.9 Å². The molecule has 0 aliphatic carbocycles. The molecular formula is C17H22N2O4S. The number of hydrogen-bond donors (Lipinski definition) is 1. The first-order valence-corrected chi connectivity index (χ1v) is 8.68. The lowest BCUT2D eigenvalue weighted by atomic mass is 10.2. The minimum absolute atomic E-state index is 0.0280. The number of thiazole rings is 1. The number of aryl methyl sites for hydroxylation is 1. The van der Waals surface area contributed by atoms with Crippen molar-refractivity contribution in [3.8, 4) is 11.5 Å². The van der Waals surface area contributed by atoms with E-state index in [9.17, 15) is 9.59 Å². The number of unbranched alkanes of at least 4 members (excludes halogenated alkanes) is 1. The van der Waals surface area contributed by atoms with Gasteiger partial charge < -0.3 is 14.8 Å². The lowest BCUT2D eigenvalue weighted by Gasteiger charge is -2.14. The van der Waals surface area contributed by atoms with E-state index >= 15 is 0 Å². The number of nitrogens with zero attached hydrogens (tertiary/aromatic N) is 1. The van der Waals surface area contributed by atoms with Gasteiger partial charge >= 0.3 is 4.87 Å². The summed E-state index contributed by atoms with van der Waals surface area (Å²) in [6.45, 7) is 4.44. The maximum absolute atomic E-state index is 12.3. The molecule has 24 heavy (non-hydrogen) atoms. The zero-order valence-corrected chi connectivity index (χ0v) is 14.9. The summed E-state index contributed by atoms with van der Waals surface area (Å²) in [5.74, 6) is 0.927. The largest absolute Gasteiger partial charge is 0.497 e. The van der Waals surface area contributed by atoms with Crippen LogP contribution in [0.25, 0.3) is 0 Å². The van der Waals surface area contributed by atoms with Crippen molar-refractivity contribution in [3.05, 3.63) is 38.9 Å². The average molecular weight is 350 g/mol. The van der Waals surface area contributed by atoms with E-state index in [1.54, 1.807) is 37.6 Å². The molecule has 0 bridgehead atoms. The van der Waals surface area contributed by atoms with Gasteiger partial charge in [-0.2, -0.15) is 0 Å². The van der Waals surface area contributed by atoms with Crippen LogP contribution in [0.1, 0.15) is 25.5 Å². The maximum atomic E-state index is 12.3. The fourth-order valence-corrected chi connectivity index (χ4v) is 2.85. The van der Waals surface area contributed by atoms with Crippen molar-refractivity contribution in [3.63, 3.8) is 0 Å². The van der Waals surface area contributed by atoms with Crippen LogP contribution < -0.4 is 19.7 Å². The Hall–Kier alpha value is -2.28. The monoisotopic (exact) mass is 350 g/mol. The van der Waals surface area contributed by atoms with Crippen LogP contribution in [-0.2, 0) is 11.3 Å². The summed E-state index contributed by atoms with van der Waals surface area (Å²) in [5, 5.41) is 4.54. The van der Waals surface area contributed by atoms with E-state index in [1.165, 1.54) is 4.57 Å². The number of carbonyl (C=O) groups excluding carboxylic acids is 1. The van der Waals surface area contributed by atoms with Gasteiger partial charge in [-0.15, -0.1) is 0 Å². The Morgan fingerprint density at radius 3 is 2.79 bits per heavy atom. The molecule has 2 rings (SSSR count). The SMILES string of the molecule is CCCCOc1ccc(OC)cc1NC(=O)Cn1c(C)csc1=O. The van der Waals surface area contributed by atoms with Crippen LogP contribution in [0, 0.1) is 6.92 Å². The molecule has 6 nitrogen and oxygen atoms in total. The molecule has 1 N–H and O–H groups in total. The number of amides is 1. The molecular weight excluding hydrogens is 328 g/mol. The van der Waals surface area contributed by atoms with E-state index in [0.29, 0.717) is 23.8 Å². The van der Waals surface area contributed by atoms with Gasteiger partial charge in [-0.05, 0) is 25.5 Å². The molecule has 0 saturated heterocycles. The molecule has 0 unspecified atom stereocenters. The number of methoxy groups -OCH3 is 1. The van der Waals surface area contributed by atoms with E-state index in [1.807, 2.05) is 0 Å². The molecule has 1 amide bonds. The van der Waals surface area contributed by atoms with Crippen LogP contribution in [0.15, 0.2) is 28.4 Å². The van der Waals surface area contributed by atoms with Gasteiger partial charge in [-0.3, -0.25) is 14.2 Å². The first kappa shape index (κ1) is 18.1. The molecule has 0 aliphatic heterocycles. The van der Waals surface area contributed by atoms with Crippen molar-refractivity contribution in [2.24, 2.45) is 0 Å². The Kier molecular flexibility index (Phi) is 6.43. The summed E-state index contributed by atoms with van der Waals surface area (Å²) in [7, 11) is 1.56. The van der Waals surface area contributed by atoms with Gasteiger partial charge in [-0.1, -0.05) is 24.7 Å². The highest BCUT2D eigenvalue weighted by Crippen LogP contribution is 2.29. The van der Waals surface area contributed by atoms with Gasteiger partial charge in [0.15, 0.2) is 0 Å². The second-order valence-corrected chi connectivity index (χ2v) is 6.16. The normalized spacial score (nSPS) is 10.5. The average Bonchev–Trinajstić information content (AvgIpc) is 2.88. The zero-order valence-electron chi connectivity index (χ0n) is 14.1. The zero-order chi connectivity index (χ0) is 17.5. The standard InChI is InChI=1S/C17H22N2O4S/c1-4-5-8-23-15-7-6-13(22-3)9-14(15)18-16(20)10-19-12(2)11-24-17(19)21/h6-7,9,11H,4-5,8,10H2,1-3H3,(H,18,20). The summed E-state index contributed by atoms with van der Waals surface area (Å²) < 4.78 is 12.4. The molecule has 1 heterocycles. The number of ether oxygens (including phenoxy) is 2. The predicted octanol–water partition coefficient (Wildman–Crippen LogP) is 3.04. The predicted molar refractivity (Wildman–Crippen MR) is 95.3 cm³/mol. The molecule has 2 aromatic rings. The van der Waals surface area contributed by atoms with Crippen LogP contribution in [0.2, 0.25) is 0 Å². The number of anilines is 1. The minimum Gasteiger partial charge on any atom is -0.497 e. The molecule has 1 aromatic carbocycles. The number of aromatic nitrogens is 1. The Bertz CT molecular complexity index is 751. The maximum Gasteiger partial charge on any atom is 0.307 e. The molecule has 0 saturated carbocycles. The van der Waals surface area contributed by atoms with Crippen LogP contribution in [0.4, 0.5) is 5.69 Å². The van der Waals surface area contributed by atoms with E-state index in [0.717, 1.165) is 29.9 Å². The van der Waals surface area contributed by atoms with Crippen molar-refractivity contribution < 1.29 is 14.3 Å². The number of nitrogens with one attached hydrogen (secondary N) is 1. The first-order valence-electron chi connectivity index (χ1n) is 7.80. The number of carbonyl (C=O) groups is 1. The summed E-state index contributed by atoms with van der Waals surface area (Å²) in [6, 6.07) is 5.26. The third-order valence-corrected chi connectivity index (χ3v) is 4.38. The van der Waals surface area contributed by atoms with Crippen molar-refractivity contribution in [1.29, 1.82) is 0 Å². The van der Waals surface area contributed by atoms with Crippen LogP contribution >= 0.6 is 11.3 Å². The minimum atomic E-state index is -0.285. The second kappa shape index (κ2) is 8.54. The molecule has 1 aromatic heterocycles. The molecule has 0 fully saturated rings. The first-order chi connectivity index (χ1) is 11.5. The van der Waals surface area contributed by atoms with Gasteiger partial charge in [-0.25, -0.2) is 0 Å². The second-order valence-electron chi connectivity index (χ2n) is 5.34. The molecule has 0 spiro atoms. The number of hydrogen-bond acceptors (Lipinski definition) is 5. The molecule has 7 heteroatoms. The van der Waals surface area contributed by atoms with Gasteiger partial charge in [0.2, 0.25) is 5.91 Å². The Morgan fingerprint density at radius 2 is 2.17 bits per heavy atom. The van der Waals surface area contributed by atoms with Gasteiger partial charge in [0.25, 0.3) is 0 Å². The molecule has 0 atom stereocenters. The fraction of sp³-hybridized carbons (Fsp3) is 0.412. The van der Waals surface area contributed by atoms with Gasteiger partial charge in [0, 0.05) is 17.1 Å². The van der Waals surface area contributed by atoms with Crippen LogP contribution in [0.5, 0.6) is 11.5 Å². The molecule has 130 valence electrons. The summed E-state index contributed by atoms with van der Waals surface area (Å²) in [4.78, 5) is 23.9. The topological polar surface area (TPSA) is 69.6 Å². The Labute approximate surface area is 145 Å². The smallest absolute Gasteiger partial charge is 0.307 e. The summed E-state index contributed by atoms with van der Waals surface area (Å²) >= 11 is 1.08. The Balaban J connectivity index is 2.14. The fourth-order valence-electron chi connectivity index (χ4n) is 2.12. The van der Waals surface area contributed by atoms with E-state index in [2.05, 4.69) is 12.2 Å². The molecule has 0 aliphatic rings. The van der Waals surface area contributed by atoms with Crippen LogP contribution in [-0.4, -0.2) is 24.2 Å². The highest BCUT2D eigenvalue weighted by atomic mass is 32.1. The van der Waals surface area contributed by atoms with Crippen molar-refractivity contribution in [2.45, 2.75) is 33.2 Å². The lowest BCUT2D eigenvalue weighted by Crippen LogP contribution is -2.25. The van der Waals surface area contributed by atoms with E-state index in [-0.39, 0.29) is 17.3 Å². The van der Waals surface area contributed by atoms with E-state index in [4.69, 9.17) is 9.47 Å². The highest BCUT2D eigenvalue weighted by molar-refractivity contribution is 7.07. The van der Waals surface area contributed by atoms with Crippen LogP contribution in [0.3, 0.4) is 0 Å². The van der Waals surface area contributed by atoms with E-state index < -0.39 is 0 Å². The molecule has 0 radical (unpaired) electrons. The van der Waals surface area contributed by atoms with Gasteiger partial charge in [0.05, 0.1) is 19.4 Å². The van der Waals surface area contributed by atoms with Crippen molar-refractivity contribution in [2.75, 3.05) is 19.0 Å². The summed E-state index contributed by atoms with van der Waals surface area (Å²) in [5.41, 5.74) is 1.31. The quantitative estimate of drug-likeness (QED) is 0.743. The third kappa shape index (κ3) is 4.61. The number of rotatable bonds is 8. The number of benzene rings is 1. The Morgan fingerprint density at radius 1 is 1.38 bits per heavy atom.